The summed E-state index contributed by atoms with van der Waals surface area (Å²) in [5, 5.41) is 5.03. The Bertz CT molecular complexity index is 214. The maximum atomic E-state index is 11.3. The maximum absolute atomic E-state index is 11.3. The van der Waals surface area contributed by atoms with Gasteiger partial charge < -0.3 is 16.4 Å². The van der Waals surface area contributed by atoms with Crippen molar-refractivity contribution >= 4 is 11.8 Å². The molecule has 4 N–H and O–H groups in total. The van der Waals surface area contributed by atoms with Gasteiger partial charge in [0.25, 0.3) is 0 Å². The molecule has 14 heavy (non-hydrogen) atoms. The van der Waals surface area contributed by atoms with Crippen molar-refractivity contribution in [1.29, 1.82) is 0 Å². The van der Waals surface area contributed by atoms with Crippen LogP contribution in [0.2, 0.25) is 0 Å². The molecule has 5 heteroatoms. The van der Waals surface area contributed by atoms with Crippen LogP contribution in [0.1, 0.15) is 27.2 Å². The Morgan fingerprint density at radius 3 is 2.29 bits per heavy atom. The summed E-state index contributed by atoms with van der Waals surface area (Å²) in [6.07, 6.45) is 0.767. The standard InChI is InChI=1S/C9H19N3O2/c1-4-9(2,3)12-8(14)7(13)11-6-5-10/h4-6,10H2,1-3H3,(H,11,13)(H,12,14). The molecule has 0 aromatic heterocycles. The molecule has 0 fully saturated rings. The van der Waals surface area contributed by atoms with Crippen LogP contribution in [0.15, 0.2) is 0 Å². The van der Waals surface area contributed by atoms with E-state index in [0.29, 0.717) is 13.1 Å². The van der Waals surface area contributed by atoms with Crippen molar-refractivity contribution in [2.24, 2.45) is 5.73 Å². The summed E-state index contributed by atoms with van der Waals surface area (Å²) in [4.78, 5) is 22.4. The highest BCUT2D eigenvalue weighted by atomic mass is 16.2. The maximum Gasteiger partial charge on any atom is 0.309 e. The van der Waals surface area contributed by atoms with Gasteiger partial charge in [-0.1, -0.05) is 6.92 Å². The van der Waals surface area contributed by atoms with Gasteiger partial charge in [-0.05, 0) is 20.3 Å². The number of nitrogens with two attached hydrogens (primary N) is 1. The normalized spacial score (nSPS) is 10.9. The van der Waals surface area contributed by atoms with Crippen molar-refractivity contribution < 1.29 is 9.59 Å². The Balaban J connectivity index is 4.02. The van der Waals surface area contributed by atoms with E-state index in [1.807, 2.05) is 20.8 Å². The van der Waals surface area contributed by atoms with Crippen molar-refractivity contribution in [3.05, 3.63) is 0 Å². The third kappa shape index (κ3) is 4.81. The lowest BCUT2D eigenvalue weighted by atomic mass is 10.0. The first kappa shape index (κ1) is 12.9. The molecule has 0 aliphatic carbocycles. The SMILES string of the molecule is CCC(C)(C)NC(=O)C(=O)NCCN. The van der Waals surface area contributed by atoms with Crippen LogP contribution in [0.3, 0.4) is 0 Å². The van der Waals surface area contributed by atoms with Gasteiger partial charge in [0.1, 0.15) is 0 Å². The van der Waals surface area contributed by atoms with Crippen LogP contribution in [0, 0.1) is 0 Å². The molecule has 0 aliphatic heterocycles. The van der Waals surface area contributed by atoms with Gasteiger partial charge in [-0.3, -0.25) is 9.59 Å². The second-order valence-electron chi connectivity index (χ2n) is 3.74. The fourth-order valence-corrected chi connectivity index (χ4v) is 0.718. The van der Waals surface area contributed by atoms with E-state index in [0.717, 1.165) is 6.42 Å². The molecule has 0 spiro atoms. The predicted octanol–water partition coefficient (Wildman–Crippen LogP) is -0.634. The molecule has 5 nitrogen and oxygen atoms in total. The number of carbonyl (C=O) groups excluding carboxylic acids is 2. The third-order valence-electron chi connectivity index (χ3n) is 1.97. The zero-order chi connectivity index (χ0) is 11.2. The second-order valence-corrected chi connectivity index (χ2v) is 3.74. The van der Waals surface area contributed by atoms with Crippen LogP contribution < -0.4 is 16.4 Å². The van der Waals surface area contributed by atoms with E-state index in [9.17, 15) is 9.59 Å². The molecule has 0 radical (unpaired) electrons. The highest BCUT2D eigenvalue weighted by molar-refractivity contribution is 6.35. The van der Waals surface area contributed by atoms with Crippen molar-refractivity contribution in [2.75, 3.05) is 13.1 Å². The monoisotopic (exact) mass is 201 g/mol. The fraction of sp³-hybridized carbons (Fsp3) is 0.778. The van der Waals surface area contributed by atoms with Gasteiger partial charge >= 0.3 is 11.8 Å². The molecule has 0 aromatic rings. The minimum absolute atomic E-state index is 0.318. The molecule has 0 atom stereocenters. The summed E-state index contributed by atoms with van der Waals surface area (Å²) in [5.41, 5.74) is 4.83. The lowest BCUT2D eigenvalue weighted by Gasteiger charge is -2.23. The van der Waals surface area contributed by atoms with Crippen molar-refractivity contribution in [1.82, 2.24) is 10.6 Å². The molecule has 0 aromatic carbocycles. The summed E-state index contributed by atoms with van der Waals surface area (Å²) in [7, 11) is 0. The van der Waals surface area contributed by atoms with Crippen LogP contribution >= 0.6 is 0 Å². The molecule has 0 saturated carbocycles. The van der Waals surface area contributed by atoms with Crippen LogP contribution in [-0.4, -0.2) is 30.4 Å². The zero-order valence-corrected chi connectivity index (χ0v) is 9.02. The number of rotatable bonds is 4. The second kappa shape index (κ2) is 5.59. The predicted molar refractivity (Wildman–Crippen MR) is 54.6 cm³/mol. The van der Waals surface area contributed by atoms with Gasteiger partial charge in [-0.2, -0.15) is 0 Å². The van der Waals surface area contributed by atoms with Gasteiger partial charge in [0.2, 0.25) is 0 Å². The molecule has 0 rings (SSSR count). The Morgan fingerprint density at radius 1 is 1.29 bits per heavy atom. The van der Waals surface area contributed by atoms with Crippen LogP contribution in [0.4, 0.5) is 0 Å². The van der Waals surface area contributed by atoms with Crippen molar-refractivity contribution in [2.45, 2.75) is 32.7 Å². The summed E-state index contributed by atoms with van der Waals surface area (Å²) in [6.45, 7) is 6.31. The minimum Gasteiger partial charge on any atom is -0.347 e. The fourth-order valence-electron chi connectivity index (χ4n) is 0.718. The van der Waals surface area contributed by atoms with Gasteiger partial charge in [0.05, 0.1) is 0 Å². The average Bonchev–Trinajstić information content (AvgIpc) is 2.13. The number of amides is 2. The Hall–Kier alpha value is -1.10. The molecule has 0 bridgehead atoms. The number of hydrogen-bond acceptors (Lipinski definition) is 3. The average molecular weight is 201 g/mol. The Kier molecular flexibility index (Phi) is 5.15. The third-order valence-corrected chi connectivity index (χ3v) is 1.97. The first-order valence-electron chi connectivity index (χ1n) is 4.73. The largest absolute Gasteiger partial charge is 0.347 e. The van der Waals surface area contributed by atoms with E-state index in [-0.39, 0.29) is 5.54 Å². The lowest BCUT2D eigenvalue weighted by molar-refractivity contribution is -0.140. The van der Waals surface area contributed by atoms with E-state index in [2.05, 4.69) is 10.6 Å². The topological polar surface area (TPSA) is 84.2 Å². The zero-order valence-electron chi connectivity index (χ0n) is 9.02. The summed E-state index contributed by atoms with van der Waals surface area (Å²) >= 11 is 0. The first-order valence-corrected chi connectivity index (χ1v) is 4.73. The van der Waals surface area contributed by atoms with E-state index < -0.39 is 11.8 Å². The Labute approximate surface area is 84.4 Å². The molecule has 0 unspecified atom stereocenters. The number of carbonyl (C=O) groups is 2. The van der Waals surface area contributed by atoms with Gasteiger partial charge in [-0.25, -0.2) is 0 Å². The summed E-state index contributed by atoms with van der Waals surface area (Å²) < 4.78 is 0. The highest BCUT2D eigenvalue weighted by Crippen LogP contribution is 2.05. The molecular formula is C9H19N3O2. The van der Waals surface area contributed by atoms with Crippen LogP contribution in [0.5, 0.6) is 0 Å². The quantitative estimate of drug-likeness (QED) is 0.529. The Morgan fingerprint density at radius 2 is 1.86 bits per heavy atom. The van der Waals surface area contributed by atoms with Gasteiger partial charge in [0, 0.05) is 18.6 Å². The highest BCUT2D eigenvalue weighted by Gasteiger charge is 2.21. The molecule has 0 heterocycles. The van der Waals surface area contributed by atoms with Crippen molar-refractivity contribution in [3.8, 4) is 0 Å². The first-order chi connectivity index (χ1) is 6.43. The van der Waals surface area contributed by atoms with Gasteiger partial charge in [0.15, 0.2) is 0 Å². The number of hydrogen-bond donors (Lipinski definition) is 3. The molecular weight excluding hydrogens is 182 g/mol. The summed E-state index contributed by atoms with van der Waals surface area (Å²) in [5.74, 6) is -1.23. The molecule has 0 saturated heterocycles. The van der Waals surface area contributed by atoms with Crippen LogP contribution in [0.25, 0.3) is 0 Å². The summed E-state index contributed by atoms with van der Waals surface area (Å²) in [6, 6.07) is 0. The molecule has 82 valence electrons. The van der Waals surface area contributed by atoms with E-state index in [4.69, 9.17) is 5.73 Å². The van der Waals surface area contributed by atoms with E-state index in [1.165, 1.54) is 0 Å². The molecule has 0 aliphatic rings. The smallest absolute Gasteiger partial charge is 0.309 e. The van der Waals surface area contributed by atoms with E-state index >= 15 is 0 Å². The van der Waals surface area contributed by atoms with Gasteiger partial charge in [-0.15, -0.1) is 0 Å². The minimum atomic E-state index is -0.628. The van der Waals surface area contributed by atoms with E-state index in [1.54, 1.807) is 0 Å². The van der Waals surface area contributed by atoms with Crippen molar-refractivity contribution in [3.63, 3.8) is 0 Å². The molecule has 2 amide bonds. The number of nitrogens with one attached hydrogen (secondary N) is 2. The lowest BCUT2D eigenvalue weighted by Crippen LogP contribution is -2.50. The van der Waals surface area contributed by atoms with Crippen LogP contribution in [-0.2, 0) is 9.59 Å².